The van der Waals surface area contributed by atoms with Crippen LogP contribution in [0.15, 0.2) is 32.8 Å². The molecule has 1 aliphatic carbocycles. The third kappa shape index (κ3) is 6.47. The highest BCUT2D eigenvalue weighted by atomic mass is 32.2. The number of aliphatic hydroxyl groups excluding tert-OH is 1. The van der Waals surface area contributed by atoms with Gasteiger partial charge in [0.25, 0.3) is 0 Å². The fourth-order valence-electron chi connectivity index (χ4n) is 3.30. The first-order valence-electron chi connectivity index (χ1n) is 10.1. The van der Waals surface area contributed by atoms with Crippen LogP contribution in [-0.4, -0.2) is 46.0 Å². The zero-order chi connectivity index (χ0) is 23.1. The smallest absolute Gasteiger partial charge is 0.310 e. The molecule has 0 bridgehead atoms. The molecule has 0 radical (unpaired) electrons. The Morgan fingerprint density at radius 1 is 1.26 bits per heavy atom. The number of allylic oxidation sites excluding steroid dienone is 2. The van der Waals surface area contributed by atoms with E-state index in [1.807, 2.05) is 13.8 Å². The van der Waals surface area contributed by atoms with Gasteiger partial charge < -0.3 is 9.84 Å². The summed E-state index contributed by atoms with van der Waals surface area (Å²) in [5.41, 5.74) is 0.198. The van der Waals surface area contributed by atoms with E-state index in [2.05, 4.69) is 6.58 Å². The number of thioether (sulfide) groups is 2. The highest BCUT2D eigenvalue weighted by molar-refractivity contribution is 8.28. The molecular weight excluding hydrogens is 456 g/mol. The van der Waals surface area contributed by atoms with Gasteiger partial charge in [0.1, 0.15) is 6.61 Å². The number of carbonyl (C=O) groups is 4. The van der Waals surface area contributed by atoms with E-state index in [9.17, 15) is 24.3 Å². The first-order valence-corrected chi connectivity index (χ1v) is 12.2. The second-order valence-corrected chi connectivity index (χ2v) is 9.99. The predicted octanol–water partition coefficient (Wildman–Crippen LogP) is 3.92. The maximum Gasteiger partial charge on any atom is 0.310 e. The van der Waals surface area contributed by atoms with E-state index in [-0.39, 0.29) is 48.8 Å². The molecule has 2 rings (SSSR count). The SMILES string of the molecule is C=CC(=O)CCC(O)COC(=O)CC1=CSC(=C2C(=O)C(CC)C(=S)C(CC)C2=O)S1. The summed E-state index contributed by atoms with van der Waals surface area (Å²) in [6.45, 7) is 6.93. The lowest BCUT2D eigenvalue weighted by molar-refractivity contribution is -0.145. The van der Waals surface area contributed by atoms with Crippen molar-refractivity contribution in [3.8, 4) is 0 Å². The Bertz CT molecular complexity index is 829. The monoisotopic (exact) mass is 482 g/mol. The summed E-state index contributed by atoms with van der Waals surface area (Å²) in [6.07, 6.45) is 1.67. The molecule has 1 aliphatic heterocycles. The van der Waals surface area contributed by atoms with E-state index in [0.29, 0.717) is 26.8 Å². The van der Waals surface area contributed by atoms with Crippen LogP contribution in [0, 0.1) is 11.8 Å². The molecule has 0 spiro atoms. The first-order chi connectivity index (χ1) is 14.7. The highest BCUT2D eigenvalue weighted by Gasteiger charge is 2.43. The Morgan fingerprint density at radius 3 is 2.42 bits per heavy atom. The lowest BCUT2D eigenvalue weighted by Crippen LogP contribution is -2.42. The number of ketones is 3. The Hall–Kier alpha value is -1.55. The Balaban J connectivity index is 1.96. The zero-order valence-corrected chi connectivity index (χ0v) is 20.0. The van der Waals surface area contributed by atoms with Gasteiger partial charge in [-0.2, -0.15) is 0 Å². The van der Waals surface area contributed by atoms with Gasteiger partial charge in [0.05, 0.1) is 34.2 Å². The molecule has 168 valence electrons. The number of rotatable bonds is 10. The van der Waals surface area contributed by atoms with Crippen LogP contribution in [0.3, 0.4) is 0 Å². The largest absolute Gasteiger partial charge is 0.463 e. The first kappa shape index (κ1) is 25.7. The van der Waals surface area contributed by atoms with E-state index < -0.39 is 23.9 Å². The van der Waals surface area contributed by atoms with Gasteiger partial charge in [-0.3, -0.25) is 19.2 Å². The highest BCUT2D eigenvalue weighted by Crippen LogP contribution is 2.49. The summed E-state index contributed by atoms with van der Waals surface area (Å²) in [5.74, 6) is -2.02. The summed E-state index contributed by atoms with van der Waals surface area (Å²) < 4.78 is 5.66. The molecule has 0 aromatic rings. The molecular formula is C22H26O6S3. The number of hydrogen-bond donors (Lipinski definition) is 1. The number of Topliss-reactive ketones (excluding diaryl/α,β-unsaturated/α-hetero) is 2. The van der Waals surface area contributed by atoms with E-state index in [0.717, 1.165) is 0 Å². The number of esters is 1. The van der Waals surface area contributed by atoms with Gasteiger partial charge in [-0.05, 0) is 30.7 Å². The van der Waals surface area contributed by atoms with Crippen molar-refractivity contribution in [2.75, 3.05) is 6.61 Å². The number of hydrogen-bond acceptors (Lipinski definition) is 9. The lowest BCUT2D eigenvalue weighted by Gasteiger charge is -2.29. The van der Waals surface area contributed by atoms with Crippen LogP contribution in [0.1, 0.15) is 46.0 Å². The quantitative estimate of drug-likeness (QED) is 0.215. The van der Waals surface area contributed by atoms with Crippen LogP contribution in [0.25, 0.3) is 0 Å². The molecule has 3 unspecified atom stereocenters. The minimum atomic E-state index is -0.927. The molecule has 9 heteroatoms. The van der Waals surface area contributed by atoms with E-state index >= 15 is 0 Å². The van der Waals surface area contributed by atoms with E-state index in [1.165, 1.54) is 29.6 Å². The average molecular weight is 483 g/mol. The average Bonchev–Trinajstić information content (AvgIpc) is 3.18. The number of thiocarbonyl (C=S) groups is 1. The van der Waals surface area contributed by atoms with Crippen LogP contribution in [0.2, 0.25) is 0 Å². The molecule has 0 amide bonds. The van der Waals surface area contributed by atoms with Crippen LogP contribution < -0.4 is 0 Å². The zero-order valence-electron chi connectivity index (χ0n) is 17.5. The van der Waals surface area contributed by atoms with Gasteiger partial charge in [-0.25, -0.2) is 0 Å². The molecule has 1 fully saturated rings. The second-order valence-electron chi connectivity index (χ2n) is 7.24. The molecule has 1 heterocycles. The molecule has 0 aromatic heterocycles. The third-order valence-corrected chi connectivity index (χ3v) is 8.05. The molecule has 0 saturated heterocycles. The van der Waals surface area contributed by atoms with Gasteiger partial charge >= 0.3 is 5.97 Å². The van der Waals surface area contributed by atoms with Crippen molar-refractivity contribution in [2.24, 2.45) is 11.8 Å². The fraction of sp³-hybridized carbons (Fsp3) is 0.500. The van der Waals surface area contributed by atoms with Crippen molar-refractivity contribution in [3.63, 3.8) is 0 Å². The molecule has 31 heavy (non-hydrogen) atoms. The molecule has 2 aliphatic rings. The second kappa shape index (κ2) is 11.9. The standard InChI is InChI=1S/C22H26O6S3/c1-4-12(23)7-8-13(24)10-28-17(25)9-14-11-30-22(31-14)18-19(26)15(5-2)21(29)16(6-3)20(18)27/h4,11,13,15-16,24H,1,5-10H2,2-3H3. The maximum absolute atomic E-state index is 12.9. The molecule has 1 N–H and O–H groups in total. The van der Waals surface area contributed by atoms with Crippen molar-refractivity contribution in [2.45, 2.75) is 52.1 Å². The van der Waals surface area contributed by atoms with Gasteiger partial charge in [0, 0.05) is 16.2 Å². The van der Waals surface area contributed by atoms with Crippen LogP contribution >= 0.6 is 35.7 Å². The summed E-state index contributed by atoms with van der Waals surface area (Å²) in [6, 6.07) is 0. The van der Waals surface area contributed by atoms with Crippen molar-refractivity contribution >= 4 is 63.9 Å². The van der Waals surface area contributed by atoms with Crippen molar-refractivity contribution < 1.29 is 29.0 Å². The third-order valence-electron chi connectivity index (χ3n) is 5.06. The minimum absolute atomic E-state index is 0.0258. The van der Waals surface area contributed by atoms with Gasteiger partial charge in [0.15, 0.2) is 17.3 Å². The summed E-state index contributed by atoms with van der Waals surface area (Å²) >= 11 is 7.90. The topological polar surface area (TPSA) is 97.7 Å². The maximum atomic E-state index is 12.9. The predicted molar refractivity (Wildman–Crippen MR) is 126 cm³/mol. The number of carbonyl (C=O) groups excluding carboxylic acids is 4. The molecule has 3 atom stereocenters. The number of aliphatic hydroxyl groups is 1. The Kier molecular flexibility index (Phi) is 9.87. The minimum Gasteiger partial charge on any atom is -0.463 e. The van der Waals surface area contributed by atoms with E-state index in [1.54, 1.807) is 5.41 Å². The Labute approximate surface area is 195 Å². The van der Waals surface area contributed by atoms with Crippen LogP contribution in [0.4, 0.5) is 0 Å². The normalized spacial score (nSPS) is 22.4. The molecule has 0 aromatic carbocycles. The fourth-order valence-corrected chi connectivity index (χ4v) is 6.21. The summed E-state index contributed by atoms with van der Waals surface area (Å²) in [7, 11) is 0. The van der Waals surface area contributed by atoms with Crippen LogP contribution in [-0.2, 0) is 23.9 Å². The summed E-state index contributed by atoms with van der Waals surface area (Å²) in [4.78, 5) is 50.3. The lowest BCUT2D eigenvalue weighted by atomic mass is 9.74. The van der Waals surface area contributed by atoms with Gasteiger partial charge in [-0.1, -0.05) is 56.2 Å². The van der Waals surface area contributed by atoms with Crippen molar-refractivity contribution in [1.29, 1.82) is 0 Å². The summed E-state index contributed by atoms with van der Waals surface area (Å²) in [5, 5.41) is 11.6. The molecule has 6 nitrogen and oxygen atoms in total. The van der Waals surface area contributed by atoms with Crippen molar-refractivity contribution in [1.82, 2.24) is 0 Å². The van der Waals surface area contributed by atoms with E-state index in [4.69, 9.17) is 17.0 Å². The van der Waals surface area contributed by atoms with Crippen molar-refractivity contribution in [3.05, 3.63) is 32.8 Å². The molecule has 1 saturated carbocycles. The van der Waals surface area contributed by atoms with Gasteiger partial charge in [-0.15, -0.1) is 0 Å². The number of ether oxygens (including phenoxy) is 1. The van der Waals surface area contributed by atoms with Gasteiger partial charge in [0.2, 0.25) is 0 Å². The van der Waals surface area contributed by atoms with Crippen LogP contribution in [0.5, 0.6) is 0 Å². The Morgan fingerprint density at radius 2 is 1.87 bits per heavy atom.